The topological polar surface area (TPSA) is 88.1 Å². The van der Waals surface area contributed by atoms with Gasteiger partial charge in [-0.15, -0.1) is 5.10 Å². The van der Waals surface area contributed by atoms with Crippen molar-refractivity contribution in [2.75, 3.05) is 0 Å². The third kappa shape index (κ3) is 1.26. The summed E-state index contributed by atoms with van der Waals surface area (Å²) < 4.78 is 4.56. The molecule has 2 aromatic rings. The van der Waals surface area contributed by atoms with Gasteiger partial charge in [0.1, 0.15) is 11.3 Å². The average Bonchev–Trinajstić information content (AvgIpc) is 2.57. The summed E-state index contributed by atoms with van der Waals surface area (Å²) in [6, 6.07) is 3.23. The van der Waals surface area contributed by atoms with E-state index in [0.717, 1.165) is 5.52 Å². The molecule has 0 amide bonds. The molecule has 0 saturated heterocycles. The van der Waals surface area contributed by atoms with Crippen molar-refractivity contribution in [2.24, 2.45) is 0 Å². The van der Waals surface area contributed by atoms with Crippen molar-refractivity contribution in [2.45, 2.75) is 6.92 Å². The number of fused-ring (bicyclic) bond motifs is 1. The zero-order chi connectivity index (χ0) is 10.1. The van der Waals surface area contributed by atoms with Crippen LogP contribution < -0.4 is 4.74 Å². The van der Waals surface area contributed by atoms with Crippen molar-refractivity contribution in [3.63, 3.8) is 0 Å². The monoisotopic (exact) mass is 193 g/mol. The van der Waals surface area contributed by atoms with Gasteiger partial charge < -0.3 is 9.84 Å². The molecule has 0 bridgehead atoms. The van der Waals surface area contributed by atoms with E-state index in [2.05, 4.69) is 20.1 Å². The minimum absolute atomic E-state index is 0.277. The Kier molecular flexibility index (Phi) is 1.81. The number of aryl methyl sites for hydroxylation is 1. The van der Waals surface area contributed by atoms with Crippen LogP contribution in [0.2, 0.25) is 0 Å². The van der Waals surface area contributed by atoms with Gasteiger partial charge in [-0.25, -0.2) is 4.79 Å². The molecule has 0 unspecified atom stereocenters. The number of carbonyl (C=O) groups is 1. The fourth-order valence-electron chi connectivity index (χ4n) is 1.23. The predicted molar refractivity (Wildman–Crippen MR) is 47.3 cm³/mol. The molecule has 1 heterocycles. The number of nitrogens with one attached hydrogen (secondary N) is 1. The fraction of sp³-hybridized carbons (Fsp3) is 0.125. The molecule has 0 spiro atoms. The molecule has 6 nitrogen and oxygen atoms in total. The van der Waals surface area contributed by atoms with Gasteiger partial charge >= 0.3 is 6.16 Å². The predicted octanol–water partition coefficient (Wildman–Crippen LogP) is 1.32. The van der Waals surface area contributed by atoms with Gasteiger partial charge in [-0.2, -0.15) is 0 Å². The van der Waals surface area contributed by atoms with Crippen LogP contribution in [0.4, 0.5) is 4.79 Å². The number of aromatic nitrogens is 3. The maximum atomic E-state index is 10.3. The van der Waals surface area contributed by atoms with Gasteiger partial charge in [0.2, 0.25) is 0 Å². The number of H-pyrrole nitrogens is 1. The van der Waals surface area contributed by atoms with Crippen molar-refractivity contribution in [3.05, 3.63) is 17.7 Å². The largest absolute Gasteiger partial charge is 0.511 e. The first-order valence-electron chi connectivity index (χ1n) is 3.89. The molecule has 2 N–H and O–H groups in total. The molecule has 0 aliphatic rings. The Hall–Kier alpha value is -2.11. The van der Waals surface area contributed by atoms with Gasteiger partial charge in [-0.05, 0) is 19.1 Å². The maximum absolute atomic E-state index is 10.3. The molecule has 0 radical (unpaired) electrons. The van der Waals surface area contributed by atoms with E-state index in [-0.39, 0.29) is 5.75 Å². The highest BCUT2D eigenvalue weighted by molar-refractivity contribution is 5.80. The second kappa shape index (κ2) is 2.99. The third-order valence-corrected chi connectivity index (χ3v) is 1.90. The molecule has 14 heavy (non-hydrogen) atoms. The Morgan fingerprint density at radius 2 is 2.36 bits per heavy atom. The lowest BCUT2D eigenvalue weighted by Crippen LogP contribution is -2.04. The van der Waals surface area contributed by atoms with E-state index in [1.807, 2.05) is 0 Å². The summed E-state index contributed by atoms with van der Waals surface area (Å²) in [4.78, 5) is 10.3. The number of carboxylic acid groups (broad SMARTS) is 1. The van der Waals surface area contributed by atoms with Crippen molar-refractivity contribution in [3.8, 4) is 5.75 Å². The van der Waals surface area contributed by atoms with Crippen LogP contribution in [0.15, 0.2) is 12.1 Å². The van der Waals surface area contributed by atoms with Crippen LogP contribution in [-0.4, -0.2) is 26.7 Å². The number of hydrogen-bond donors (Lipinski definition) is 2. The zero-order valence-corrected chi connectivity index (χ0v) is 7.31. The maximum Gasteiger partial charge on any atom is 0.511 e. The standard InChI is InChI=1S/C8H7N3O3/c1-4-6(14-8(12)13)3-2-5-7(4)10-11-9-5/h2-3H,1H3,(H,12,13)(H,9,10,11). The highest BCUT2D eigenvalue weighted by atomic mass is 16.7. The van der Waals surface area contributed by atoms with E-state index in [9.17, 15) is 4.79 Å². The lowest BCUT2D eigenvalue weighted by molar-refractivity contribution is 0.144. The average molecular weight is 193 g/mol. The first-order chi connectivity index (χ1) is 6.68. The Morgan fingerprint density at radius 1 is 1.57 bits per heavy atom. The summed E-state index contributed by atoms with van der Waals surface area (Å²) in [7, 11) is 0. The second-order valence-electron chi connectivity index (χ2n) is 2.76. The van der Waals surface area contributed by atoms with E-state index in [1.54, 1.807) is 19.1 Å². The number of hydrogen-bond acceptors (Lipinski definition) is 4. The van der Waals surface area contributed by atoms with Crippen LogP contribution >= 0.6 is 0 Å². The van der Waals surface area contributed by atoms with Crippen LogP contribution in [0, 0.1) is 6.92 Å². The molecule has 0 saturated carbocycles. The molecule has 0 aliphatic heterocycles. The number of rotatable bonds is 1. The van der Waals surface area contributed by atoms with Crippen LogP contribution in [0.3, 0.4) is 0 Å². The Labute approximate surface area is 78.5 Å². The fourth-order valence-corrected chi connectivity index (χ4v) is 1.23. The lowest BCUT2D eigenvalue weighted by atomic mass is 10.2. The molecule has 0 atom stereocenters. The second-order valence-corrected chi connectivity index (χ2v) is 2.76. The van der Waals surface area contributed by atoms with Crippen molar-refractivity contribution >= 4 is 17.2 Å². The lowest BCUT2D eigenvalue weighted by Gasteiger charge is -2.02. The summed E-state index contributed by atoms with van der Waals surface area (Å²) in [5.41, 5.74) is 2.02. The first-order valence-corrected chi connectivity index (χ1v) is 3.89. The minimum atomic E-state index is -1.34. The summed E-state index contributed by atoms with van der Waals surface area (Å²) in [6.45, 7) is 1.73. The van der Waals surface area contributed by atoms with Crippen LogP contribution in [0.5, 0.6) is 5.75 Å². The van der Waals surface area contributed by atoms with Gasteiger partial charge in [0.15, 0.2) is 0 Å². The quantitative estimate of drug-likeness (QED) is 0.526. The van der Waals surface area contributed by atoms with E-state index < -0.39 is 6.16 Å². The summed E-state index contributed by atoms with van der Waals surface area (Å²) in [5, 5.41) is 18.5. The SMILES string of the molecule is Cc1c(OC(=O)O)ccc2[nH]nnc12. The van der Waals surface area contributed by atoms with Crippen LogP contribution in [-0.2, 0) is 0 Å². The number of aromatic amines is 1. The van der Waals surface area contributed by atoms with E-state index in [0.29, 0.717) is 11.1 Å². The van der Waals surface area contributed by atoms with Crippen molar-refractivity contribution < 1.29 is 14.6 Å². The molecule has 0 fully saturated rings. The molecule has 1 aromatic heterocycles. The molecule has 2 rings (SSSR count). The van der Waals surface area contributed by atoms with Gasteiger partial charge in [0.25, 0.3) is 0 Å². The van der Waals surface area contributed by atoms with Gasteiger partial charge in [0, 0.05) is 5.56 Å². The Bertz CT molecular complexity index is 492. The van der Waals surface area contributed by atoms with Crippen LogP contribution in [0.25, 0.3) is 11.0 Å². The molecular formula is C8H7N3O3. The zero-order valence-electron chi connectivity index (χ0n) is 7.31. The molecule has 72 valence electrons. The van der Waals surface area contributed by atoms with Crippen molar-refractivity contribution in [1.29, 1.82) is 0 Å². The van der Waals surface area contributed by atoms with E-state index in [1.165, 1.54) is 0 Å². The minimum Gasteiger partial charge on any atom is -0.449 e. The van der Waals surface area contributed by atoms with Gasteiger partial charge in [-0.1, -0.05) is 5.21 Å². The molecule has 1 aromatic carbocycles. The first kappa shape index (κ1) is 8.49. The number of benzene rings is 1. The normalized spacial score (nSPS) is 10.4. The summed E-state index contributed by atoms with van der Waals surface area (Å²) in [5.74, 6) is 0.277. The third-order valence-electron chi connectivity index (χ3n) is 1.90. The summed E-state index contributed by atoms with van der Waals surface area (Å²) in [6.07, 6.45) is -1.34. The Balaban J connectivity index is 2.56. The highest BCUT2D eigenvalue weighted by Gasteiger charge is 2.09. The van der Waals surface area contributed by atoms with Crippen molar-refractivity contribution in [1.82, 2.24) is 15.4 Å². The molecular weight excluding hydrogens is 186 g/mol. The van der Waals surface area contributed by atoms with Crippen LogP contribution in [0.1, 0.15) is 5.56 Å². The van der Waals surface area contributed by atoms with Gasteiger partial charge in [0.05, 0.1) is 5.52 Å². The molecule has 0 aliphatic carbocycles. The number of ether oxygens (including phenoxy) is 1. The van der Waals surface area contributed by atoms with E-state index >= 15 is 0 Å². The van der Waals surface area contributed by atoms with E-state index in [4.69, 9.17) is 5.11 Å². The number of nitrogens with zero attached hydrogens (tertiary/aromatic N) is 2. The Morgan fingerprint density at radius 3 is 3.07 bits per heavy atom. The highest BCUT2D eigenvalue weighted by Crippen LogP contribution is 2.24. The molecule has 6 heteroatoms. The van der Waals surface area contributed by atoms with Gasteiger partial charge in [-0.3, -0.25) is 5.10 Å². The smallest absolute Gasteiger partial charge is 0.449 e. The summed E-state index contributed by atoms with van der Waals surface area (Å²) >= 11 is 0.